The van der Waals surface area contributed by atoms with E-state index >= 15 is 0 Å². The van der Waals surface area contributed by atoms with Gasteiger partial charge in [-0.2, -0.15) is 0 Å². The summed E-state index contributed by atoms with van der Waals surface area (Å²) in [6.45, 7) is 0. The van der Waals surface area contributed by atoms with Gasteiger partial charge in [0, 0.05) is 0 Å². The zero-order chi connectivity index (χ0) is 20.4. The van der Waals surface area contributed by atoms with Gasteiger partial charge in [-0.3, -0.25) is 4.79 Å². The van der Waals surface area contributed by atoms with Crippen LogP contribution in [0.1, 0.15) is 31.1 Å². The zero-order valence-corrected chi connectivity index (χ0v) is 15.9. The van der Waals surface area contributed by atoms with Crippen LogP contribution in [0.3, 0.4) is 0 Å². The standard InChI is InChI=1S/C14H10O4.C7H4Cl2O/c15-13(11-7-3-1-4-8-11)17-18-14(16)12-9-5-2-6-10-12;8-6-4-2-1-3-5(6)7(9)10/h1-10H;1-4H. The minimum Gasteiger partial charge on any atom is -0.276 e. The molecule has 142 valence electrons. The highest BCUT2D eigenvalue weighted by Crippen LogP contribution is 2.16. The van der Waals surface area contributed by atoms with E-state index in [4.69, 9.17) is 23.2 Å². The van der Waals surface area contributed by atoms with Crippen molar-refractivity contribution < 1.29 is 24.2 Å². The Labute approximate surface area is 171 Å². The fourth-order valence-corrected chi connectivity index (χ4v) is 2.38. The molecular formula is C21H14Cl2O5. The lowest BCUT2D eigenvalue weighted by Gasteiger charge is -2.02. The lowest BCUT2D eigenvalue weighted by atomic mass is 10.2. The Balaban J connectivity index is 0.000000237. The van der Waals surface area contributed by atoms with Gasteiger partial charge < -0.3 is 0 Å². The molecule has 3 rings (SSSR count). The van der Waals surface area contributed by atoms with Crippen LogP contribution >= 0.6 is 23.2 Å². The first-order valence-corrected chi connectivity index (χ1v) is 8.72. The van der Waals surface area contributed by atoms with Crippen LogP contribution in [0.15, 0.2) is 84.9 Å². The predicted octanol–water partition coefficient (Wildman–Crippen LogP) is 5.33. The minimum absolute atomic E-state index is 0.318. The Morgan fingerprint density at radius 3 is 1.36 bits per heavy atom. The molecule has 0 bridgehead atoms. The van der Waals surface area contributed by atoms with Crippen molar-refractivity contribution in [3.05, 3.63) is 107 Å². The van der Waals surface area contributed by atoms with Gasteiger partial charge in [-0.25, -0.2) is 19.4 Å². The molecule has 0 fully saturated rings. The average Bonchev–Trinajstić information content (AvgIpc) is 2.73. The molecule has 7 heteroatoms. The highest BCUT2D eigenvalue weighted by Gasteiger charge is 2.13. The summed E-state index contributed by atoms with van der Waals surface area (Å²) < 4.78 is 0. The molecule has 0 saturated heterocycles. The first-order valence-electron chi connectivity index (χ1n) is 7.96. The highest BCUT2D eigenvalue weighted by atomic mass is 35.5. The van der Waals surface area contributed by atoms with Gasteiger partial charge in [0.05, 0.1) is 21.7 Å². The molecule has 0 aliphatic rings. The number of rotatable bonds is 3. The summed E-state index contributed by atoms with van der Waals surface area (Å²) in [4.78, 5) is 42.4. The third kappa shape index (κ3) is 6.54. The highest BCUT2D eigenvalue weighted by molar-refractivity contribution is 6.68. The van der Waals surface area contributed by atoms with E-state index in [1.807, 2.05) is 0 Å². The third-order valence-electron chi connectivity index (χ3n) is 3.30. The van der Waals surface area contributed by atoms with Crippen molar-refractivity contribution in [2.45, 2.75) is 0 Å². The number of benzene rings is 3. The zero-order valence-electron chi connectivity index (χ0n) is 14.4. The smallest absolute Gasteiger partial charge is 0.276 e. The van der Waals surface area contributed by atoms with E-state index in [1.54, 1.807) is 84.9 Å². The molecule has 3 aromatic carbocycles. The van der Waals surface area contributed by atoms with E-state index < -0.39 is 17.2 Å². The van der Waals surface area contributed by atoms with Gasteiger partial charge in [-0.15, -0.1) is 0 Å². The van der Waals surface area contributed by atoms with Crippen LogP contribution in [0.2, 0.25) is 5.02 Å². The van der Waals surface area contributed by atoms with Crippen LogP contribution in [0.25, 0.3) is 0 Å². The molecular weight excluding hydrogens is 403 g/mol. The lowest BCUT2D eigenvalue weighted by molar-refractivity contribution is -0.187. The number of hydrogen-bond acceptors (Lipinski definition) is 5. The summed E-state index contributed by atoms with van der Waals surface area (Å²) in [5.41, 5.74) is 0.988. The Morgan fingerprint density at radius 1 is 0.607 bits per heavy atom. The normalized spacial score (nSPS) is 9.50. The molecule has 5 nitrogen and oxygen atoms in total. The van der Waals surface area contributed by atoms with E-state index in [0.29, 0.717) is 21.7 Å². The van der Waals surface area contributed by atoms with Gasteiger partial charge in [0.15, 0.2) is 0 Å². The molecule has 28 heavy (non-hydrogen) atoms. The van der Waals surface area contributed by atoms with Gasteiger partial charge in [-0.05, 0) is 48.0 Å². The van der Waals surface area contributed by atoms with Crippen LogP contribution in [-0.4, -0.2) is 17.2 Å². The maximum atomic E-state index is 11.5. The molecule has 3 aromatic rings. The monoisotopic (exact) mass is 416 g/mol. The Kier molecular flexibility index (Phi) is 8.21. The number of carbonyl (C=O) groups is 3. The summed E-state index contributed by atoms with van der Waals surface area (Å²) >= 11 is 10.8. The first kappa shape index (κ1) is 21.2. The molecule has 0 N–H and O–H groups in total. The minimum atomic E-state index is -0.708. The largest absolute Gasteiger partial charge is 0.386 e. The summed E-state index contributed by atoms with van der Waals surface area (Å²) in [6, 6.07) is 23.2. The van der Waals surface area contributed by atoms with Gasteiger partial charge in [0.2, 0.25) is 0 Å². The van der Waals surface area contributed by atoms with Crippen molar-refractivity contribution in [3.8, 4) is 0 Å². The summed E-state index contributed by atoms with van der Waals surface area (Å²) in [6.07, 6.45) is 0. The van der Waals surface area contributed by atoms with Crippen molar-refractivity contribution in [1.29, 1.82) is 0 Å². The second kappa shape index (κ2) is 10.9. The fourth-order valence-electron chi connectivity index (χ4n) is 1.94. The van der Waals surface area contributed by atoms with Gasteiger partial charge in [-0.1, -0.05) is 60.1 Å². The molecule has 0 aliphatic heterocycles. The maximum Gasteiger partial charge on any atom is 0.386 e. The van der Waals surface area contributed by atoms with E-state index in [2.05, 4.69) is 9.78 Å². The van der Waals surface area contributed by atoms with Crippen LogP contribution < -0.4 is 0 Å². The Morgan fingerprint density at radius 2 is 1.00 bits per heavy atom. The predicted molar refractivity (Wildman–Crippen MR) is 105 cm³/mol. The van der Waals surface area contributed by atoms with E-state index in [9.17, 15) is 14.4 Å². The Hall–Kier alpha value is -3.15. The summed E-state index contributed by atoms with van der Waals surface area (Å²) in [5.74, 6) is -1.42. The Bertz CT molecular complexity index is 892. The van der Waals surface area contributed by atoms with Crippen LogP contribution in [0.4, 0.5) is 0 Å². The van der Waals surface area contributed by atoms with Crippen molar-refractivity contribution in [2.24, 2.45) is 0 Å². The second-order valence-corrected chi connectivity index (χ2v) is 5.98. The number of carbonyl (C=O) groups excluding carboxylic acids is 3. The molecule has 0 unspecified atom stereocenters. The summed E-state index contributed by atoms with van der Waals surface area (Å²) in [7, 11) is 0. The van der Waals surface area contributed by atoms with E-state index in [-0.39, 0.29) is 0 Å². The molecule has 0 aliphatic carbocycles. The van der Waals surface area contributed by atoms with Crippen molar-refractivity contribution >= 4 is 40.4 Å². The number of hydrogen-bond donors (Lipinski definition) is 0. The second-order valence-electron chi connectivity index (χ2n) is 5.23. The van der Waals surface area contributed by atoms with Gasteiger partial charge in [0.1, 0.15) is 0 Å². The average molecular weight is 417 g/mol. The van der Waals surface area contributed by atoms with Crippen LogP contribution in [0.5, 0.6) is 0 Å². The number of halogens is 2. The molecule has 0 radical (unpaired) electrons. The molecule has 0 spiro atoms. The first-order chi connectivity index (χ1) is 13.5. The van der Waals surface area contributed by atoms with Gasteiger partial charge >= 0.3 is 11.9 Å². The molecule has 0 heterocycles. The van der Waals surface area contributed by atoms with Crippen LogP contribution in [0, 0.1) is 0 Å². The molecule has 0 atom stereocenters. The van der Waals surface area contributed by atoms with Gasteiger partial charge in [0.25, 0.3) is 5.24 Å². The molecule has 0 amide bonds. The topological polar surface area (TPSA) is 69.7 Å². The molecule has 0 aromatic heterocycles. The third-order valence-corrected chi connectivity index (χ3v) is 3.83. The van der Waals surface area contributed by atoms with E-state index in [1.165, 1.54) is 0 Å². The molecule has 0 saturated carbocycles. The lowest BCUT2D eigenvalue weighted by Crippen LogP contribution is -2.11. The van der Waals surface area contributed by atoms with E-state index in [0.717, 1.165) is 0 Å². The van der Waals surface area contributed by atoms with Crippen molar-refractivity contribution in [2.75, 3.05) is 0 Å². The van der Waals surface area contributed by atoms with Crippen molar-refractivity contribution in [1.82, 2.24) is 0 Å². The summed E-state index contributed by atoms with van der Waals surface area (Å²) in [5, 5.41) is -0.131. The maximum absolute atomic E-state index is 11.5. The SMILES string of the molecule is O=C(Cl)c1ccccc1Cl.O=C(OOC(=O)c1ccccc1)c1ccccc1. The fraction of sp³-hybridized carbons (Fsp3) is 0. The van der Waals surface area contributed by atoms with Crippen LogP contribution in [-0.2, 0) is 9.78 Å². The van der Waals surface area contributed by atoms with Crippen molar-refractivity contribution in [3.63, 3.8) is 0 Å². The quantitative estimate of drug-likeness (QED) is 0.327.